The summed E-state index contributed by atoms with van der Waals surface area (Å²) in [6.07, 6.45) is 3.28. The van der Waals surface area contributed by atoms with E-state index < -0.39 is 0 Å². The fraction of sp³-hybridized carbons (Fsp3) is 0.462. The predicted molar refractivity (Wildman–Crippen MR) is 81.8 cm³/mol. The minimum absolute atomic E-state index is 0.0325. The van der Waals surface area contributed by atoms with Crippen molar-refractivity contribution in [1.82, 2.24) is 5.32 Å². The van der Waals surface area contributed by atoms with Crippen LogP contribution < -0.4 is 11.1 Å². The SMILES string of the molecule is NCC1CCCC1NC(=O)c1ccc(Cl)c(I)c1. The van der Waals surface area contributed by atoms with Gasteiger partial charge in [0.15, 0.2) is 0 Å². The van der Waals surface area contributed by atoms with Crippen LogP contribution in [0, 0.1) is 9.49 Å². The Morgan fingerprint density at radius 3 is 2.94 bits per heavy atom. The fourth-order valence-corrected chi connectivity index (χ4v) is 3.03. The van der Waals surface area contributed by atoms with E-state index in [1.165, 1.54) is 0 Å². The largest absolute Gasteiger partial charge is 0.349 e. The highest BCUT2D eigenvalue weighted by Crippen LogP contribution is 2.25. The predicted octanol–water partition coefficient (Wildman–Crippen LogP) is 2.80. The lowest BCUT2D eigenvalue weighted by molar-refractivity contribution is 0.0928. The van der Waals surface area contributed by atoms with E-state index in [1.807, 2.05) is 6.07 Å². The monoisotopic (exact) mass is 378 g/mol. The molecule has 0 heterocycles. The molecular weight excluding hydrogens is 363 g/mol. The molecule has 1 fully saturated rings. The molecule has 2 atom stereocenters. The van der Waals surface area contributed by atoms with Gasteiger partial charge in [0.05, 0.1) is 5.02 Å². The third-order valence-corrected chi connectivity index (χ3v) is 5.00. The topological polar surface area (TPSA) is 55.1 Å². The lowest BCUT2D eigenvalue weighted by atomic mass is 10.0. The Kier molecular flexibility index (Phi) is 4.86. The van der Waals surface area contributed by atoms with Gasteiger partial charge in [0.1, 0.15) is 0 Å². The van der Waals surface area contributed by atoms with E-state index in [4.69, 9.17) is 17.3 Å². The van der Waals surface area contributed by atoms with Crippen molar-refractivity contribution in [3.63, 3.8) is 0 Å². The Morgan fingerprint density at radius 2 is 2.28 bits per heavy atom. The number of carbonyl (C=O) groups excluding carboxylic acids is 1. The first-order valence-corrected chi connectivity index (χ1v) is 7.53. The number of halogens is 2. The van der Waals surface area contributed by atoms with E-state index in [1.54, 1.807) is 12.1 Å². The summed E-state index contributed by atoms with van der Waals surface area (Å²) in [5, 5.41) is 3.75. The number of benzene rings is 1. The van der Waals surface area contributed by atoms with Crippen LogP contribution in [0.15, 0.2) is 18.2 Å². The van der Waals surface area contributed by atoms with Gasteiger partial charge in [-0.15, -0.1) is 0 Å². The highest BCUT2D eigenvalue weighted by Gasteiger charge is 2.27. The van der Waals surface area contributed by atoms with Crippen LogP contribution in [0.4, 0.5) is 0 Å². The van der Waals surface area contributed by atoms with E-state index in [2.05, 4.69) is 27.9 Å². The number of carbonyl (C=O) groups is 1. The van der Waals surface area contributed by atoms with Crippen molar-refractivity contribution in [2.45, 2.75) is 25.3 Å². The highest BCUT2D eigenvalue weighted by molar-refractivity contribution is 14.1. The second-order valence-corrected chi connectivity index (χ2v) is 6.20. The van der Waals surface area contributed by atoms with Crippen molar-refractivity contribution in [3.05, 3.63) is 32.4 Å². The van der Waals surface area contributed by atoms with Gasteiger partial charge in [-0.1, -0.05) is 18.0 Å². The second kappa shape index (κ2) is 6.21. The lowest BCUT2D eigenvalue weighted by Gasteiger charge is -2.19. The van der Waals surface area contributed by atoms with Crippen molar-refractivity contribution >= 4 is 40.1 Å². The summed E-state index contributed by atoms with van der Waals surface area (Å²) in [5.74, 6) is 0.384. The van der Waals surface area contributed by atoms with Gasteiger partial charge in [-0.05, 0) is 66.1 Å². The van der Waals surface area contributed by atoms with Crippen molar-refractivity contribution in [1.29, 1.82) is 0 Å². The first-order valence-electron chi connectivity index (χ1n) is 6.08. The molecule has 2 unspecified atom stereocenters. The zero-order valence-electron chi connectivity index (χ0n) is 9.96. The molecule has 3 nitrogen and oxygen atoms in total. The molecule has 1 aromatic rings. The number of hydrogen-bond donors (Lipinski definition) is 2. The fourth-order valence-electron chi connectivity index (χ4n) is 2.40. The number of nitrogens with one attached hydrogen (secondary N) is 1. The zero-order chi connectivity index (χ0) is 13.1. The Hall–Kier alpha value is -0.330. The molecule has 1 aromatic carbocycles. The van der Waals surface area contributed by atoms with E-state index in [0.29, 0.717) is 23.0 Å². The Balaban J connectivity index is 2.05. The number of amides is 1. The van der Waals surface area contributed by atoms with E-state index in [9.17, 15) is 4.79 Å². The normalized spacial score (nSPS) is 23.1. The summed E-state index contributed by atoms with van der Waals surface area (Å²) in [7, 11) is 0. The standard InChI is InChI=1S/C13H16ClIN2O/c14-10-5-4-8(6-11(10)15)13(18)17-12-3-1-2-9(12)7-16/h4-6,9,12H,1-3,7,16H2,(H,17,18). The average Bonchev–Trinajstić information content (AvgIpc) is 2.79. The molecule has 5 heteroatoms. The molecule has 2 rings (SSSR count). The molecule has 98 valence electrons. The van der Waals surface area contributed by atoms with Gasteiger partial charge in [0, 0.05) is 15.2 Å². The number of hydrogen-bond acceptors (Lipinski definition) is 2. The molecule has 18 heavy (non-hydrogen) atoms. The molecule has 0 saturated heterocycles. The minimum atomic E-state index is -0.0325. The second-order valence-electron chi connectivity index (χ2n) is 4.64. The summed E-state index contributed by atoms with van der Waals surface area (Å²) in [6.45, 7) is 0.642. The summed E-state index contributed by atoms with van der Waals surface area (Å²) >= 11 is 8.07. The maximum absolute atomic E-state index is 12.1. The van der Waals surface area contributed by atoms with Crippen molar-refractivity contribution in [3.8, 4) is 0 Å². The van der Waals surface area contributed by atoms with Crippen LogP contribution in [0.1, 0.15) is 29.6 Å². The average molecular weight is 379 g/mol. The van der Waals surface area contributed by atoms with Gasteiger partial charge in [0.2, 0.25) is 0 Å². The van der Waals surface area contributed by atoms with Crippen LogP contribution in [0.25, 0.3) is 0 Å². The zero-order valence-corrected chi connectivity index (χ0v) is 12.9. The Bertz CT molecular complexity index is 453. The van der Waals surface area contributed by atoms with Crippen LogP contribution >= 0.6 is 34.2 Å². The van der Waals surface area contributed by atoms with Crippen molar-refractivity contribution < 1.29 is 4.79 Å². The van der Waals surface area contributed by atoms with Crippen LogP contribution in [-0.4, -0.2) is 18.5 Å². The molecule has 0 spiro atoms. The molecular formula is C13H16ClIN2O. The van der Waals surface area contributed by atoms with Gasteiger partial charge in [-0.25, -0.2) is 0 Å². The summed E-state index contributed by atoms with van der Waals surface area (Å²) in [4.78, 5) is 12.1. The summed E-state index contributed by atoms with van der Waals surface area (Å²) in [5.41, 5.74) is 6.37. The third-order valence-electron chi connectivity index (χ3n) is 3.46. The Labute approximate surface area is 126 Å². The summed E-state index contributed by atoms with van der Waals surface area (Å²) < 4.78 is 0.892. The van der Waals surface area contributed by atoms with Crippen molar-refractivity contribution in [2.75, 3.05) is 6.54 Å². The van der Waals surface area contributed by atoms with E-state index in [0.717, 1.165) is 22.8 Å². The quantitative estimate of drug-likeness (QED) is 0.795. The lowest BCUT2D eigenvalue weighted by Crippen LogP contribution is -2.39. The molecule has 1 aliphatic rings. The highest BCUT2D eigenvalue weighted by atomic mass is 127. The Morgan fingerprint density at radius 1 is 1.50 bits per heavy atom. The van der Waals surface area contributed by atoms with Crippen LogP contribution in [0.2, 0.25) is 5.02 Å². The van der Waals surface area contributed by atoms with Crippen LogP contribution in [0.3, 0.4) is 0 Å². The first-order chi connectivity index (χ1) is 8.61. The van der Waals surface area contributed by atoms with Gasteiger partial charge >= 0.3 is 0 Å². The molecule has 0 bridgehead atoms. The maximum Gasteiger partial charge on any atom is 0.251 e. The third kappa shape index (κ3) is 3.16. The van der Waals surface area contributed by atoms with Gasteiger partial charge in [-0.2, -0.15) is 0 Å². The molecule has 1 saturated carbocycles. The van der Waals surface area contributed by atoms with Crippen LogP contribution in [0.5, 0.6) is 0 Å². The van der Waals surface area contributed by atoms with Gasteiger partial charge in [-0.3, -0.25) is 4.79 Å². The molecule has 1 aliphatic carbocycles. The molecule has 0 aliphatic heterocycles. The van der Waals surface area contributed by atoms with Crippen LogP contribution in [-0.2, 0) is 0 Å². The number of nitrogens with two attached hydrogens (primary N) is 1. The smallest absolute Gasteiger partial charge is 0.251 e. The molecule has 0 radical (unpaired) electrons. The first kappa shape index (κ1) is 14.1. The molecule has 0 aromatic heterocycles. The van der Waals surface area contributed by atoms with Crippen molar-refractivity contribution in [2.24, 2.45) is 11.7 Å². The minimum Gasteiger partial charge on any atom is -0.349 e. The number of rotatable bonds is 3. The molecule has 1 amide bonds. The van der Waals surface area contributed by atoms with Gasteiger partial charge < -0.3 is 11.1 Å². The summed E-state index contributed by atoms with van der Waals surface area (Å²) in [6, 6.07) is 5.54. The maximum atomic E-state index is 12.1. The molecule has 3 N–H and O–H groups in total. The van der Waals surface area contributed by atoms with E-state index in [-0.39, 0.29) is 11.9 Å². The van der Waals surface area contributed by atoms with Gasteiger partial charge in [0.25, 0.3) is 5.91 Å². The van der Waals surface area contributed by atoms with E-state index >= 15 is 0 Å².